The molecule has 0 saturated carbocycles. The summed E-state index contributed by atoms with van der Waals surface area (Å²) in [5.74, 6) is 1.61. The Kier molecular flexibility index (Phi) is 5.24. The highest BCUT2D eigenvalue weighted by molar-refractivity contribution is 7.98. The van der Waals surface area contributed by atoms with Crippen LogP contribution in [0.1, 0.15) is 24.0 Å². The van der Waals surface area contributed by atoms with Gasteiger partial charge < -0.3 is 9.53 Å². The number of carbonyl (C=O) groups excluding carboxylic acids is 1. The average molecular weight is 286 g/mol. The van der Waals surface area contributed by atoms with E-state index in [1.807, 2.05) is 43.3 Å². The third-order valence-electron chi connectivity index (χ3n) is 3.15. The Morgan fingerprint density at radius 2 is 1.95 bits per heavy atom. The molecular weight excluding hydrogens is 268 g/mol. The number of thioether (sulfide) groups is 1. The van der Waals surface area contributed by atoms with Crippen molar-refractivity contribution in [1.82, 2.24) is 0 Å². The van der Waals surface area contributed by atoms with E-state index >= 15 is 0 Å². The number of benzene rings is 2. The first-order valence-electron chi connectivity index (χ1n) is 6.54. The third kappa shape index (κ3) is 3.64. The second-order valence-corrected chi connectivity index (χ2v) is 5.62. The van der Waals surface area contributed by atoms with E-state index in [-0.39, 0.29) is 5.92 Å². The van der Waals surface area contributed by atoms with Crippen molar-refractivity contribution >= 4 is 18.0 Å². The van der Waals surface area contributed by atoms with Crippen molar-refractivity contribution in [2.75, 3.05) is 7.11 Å². The molecule has 0 radical (unpaired) electrons. The third-order valence-corrected chi connectivity index (χ3v) is 4.29. The van der Waals surface area contributed by atoms with Gasteiger partial charge in [0.05, 0.1) is 7.11 Å². The van der Waals surface area contributed by atoms with E-state index in [1.165, 1.54) is 5.56 Å². The Hall–Kier alpha value is -1.74. The number of methoxy groups -OCH3 is 1. The highest BCUT2D eigenvalue weighted by Gasteiger charge is 2.11. The lowest BCUT2D eigenvalue weighted by molar-refractivity contribution is -0.108. The predicted octanol–water partition coefficient (Wildman–Crippen LogP) is 4.29. The van der Waals surface area contributed by atoms with E-state index in [4.69, 9.17) is 4.74 Å². The largest absolute Gasteiger partial charge is 0.497 e. The van der Waals surface area contributed by atoms with Crippen LogP contribution in [0.5, 0.6) is 5.75 Å². The minimum Gasteiger partial charge on any atom is -0.497 e. The fourth-order valence-electron chi connectivity index (χ4n) is 1.95. The molecule has 1 atom stereocenters. The molecule has 2 nitrogen and oxygen atoms in total. The van der Waals surface area contributed by atoms with Crippen LogP contribution < -0.4 is 4.74 Å². The summed E-state index contributed by atoms with van der Waals surface area (Å²) in [7, 11) is 1.66. The van der Waals surface area contributed by atoms with Crippen LogP contribution in [-0.2, 0) is 10.5 Å². The lowest BCUT2D eigenvalue weighted by Gasteiger charge is -2.13. The van der Waals surface area contributed by atoms with Crippen molar-refractivity contribution in [2.24, 2.45) is 0 Å². The zero-order valence-electron chi connectivity index (χ0n) is 11.7. The monoisotopic (exact) mass is 286 g/mol. The summed E-state index contributed by atoms with van der Waals surface area (Å²) in [6, 6.07) is 16.2. The van der Waals surface area contributed by atoms with E-state index in [9.17, 15) is 4.79 Å². The van der Waals surface area contributed by atoms with Crippen LogP contribution in [0.2, 0.25) is 0 Å². The lowest BCUT2D eigenvalue weighted by atomic mass is 10.0. The van der Waals surface area contributed by atoms with Crippen LogP contribution in [0.3, 0.4) is 0 Å². The zero-order valence-corrected chi connectivity index (χ0v) is 12.5. The zero-order chi connectivity index (χ0) is 14.4. The van der Waals surface area contributed by atoms with Crippen molar-refractivity contribution < 1.29 is 9.53 Å². The molecule has 20 heavy (non-hydrogen) atoms. The van der Waals surface area contributed by atoms with Crippen LogP contribution in [0.4, 0.5) is 0 Å². The molecule has 1 unspecified atom stereocenters. The summed E-state index contributed by atoms with van der Waals surface area (Å²) in [4.78, 5) is 12.2. The second kappa shape index (κ2) is 7.15. The molecule has 0 N–H and O–H groups in total. The number of rotatable bonds is 6. The topological polar surface area (TPSA) is 26.3 Å². The molecule has 0 saturated heterocycles. The van der Waals surface area contributed by atoms with Crippen molar-refractivity contribution in [1.29, 1.82) is 0 Å². The molecule has 0 fully saturated rings. The Morgan fingerprint density at radius 1 is 1.20 bits per heavy atom. The van der Waals surface area contributed by atoms with Gasteiger partial charge in [0.15, 0.2) is 0 Å². The van der Waals surface area contributed by atoms with E-state index in [1.54, 1.807) is 18.9 Å². The normalized spacial score (nSPS) is 11.9. The van der Waals surface area contributed by atoms with Crippen LogP contribution in [0, 0.1) is 0 Å². The number of ether oxygens (including phenoxy) is 1. The van der Waals surface area contributed by atoms with Crippen molar-refractivity contribution in [3.63, 3.8) is 0 Å². The molecule has 0 aliphatic carbocycles. The van der Waals surface area contributed by atoms with Gasteiger partial charge in [-0.3, -0.25) is 0 Å². The first kappa shape index (κ1) is 14.7. The van der Waals surface area contributed by atoms with E-state index in [0.717, 1.165) is 28.2 Å². The molecular formula is C17H18O2S. The Labute approximate surface area is 124 Å². The van der Waals surface area contributed by atoms with E-state index < -0.39 is 0 Å². The minimum atomic E-state index is -0.0980. The van der Waals surface area contributed by atoms with Crippen molar-refractivity contribution in [3.8, 4) is 5.75 Å². The number of aldehydes is 1. The highest BCUT2D eigenvalue weighted by Crippen LogP contribution is 2.33. The molecule has 0 aromatic heterocycles. The molecule has 0 spiro atoms. The van der Waals surface area contributed by atoms with Gasteiger partial charge in [-0.15, -0.1) is 11.8 Å². The molecule has 2 aromatic rings. The first-order chi connectivity index (χ1) is 9.74. The summed E-state index contributed by atoms with van der Waals surface area (Å²) in [6.45, 7) is 1.92. The molecule has 0 aliphatic heterocycles. The van der Waals surface area contributed by atoms with Gasteiger partial charge in [-0.25, -0.2) is 0 Å². The predicted molar refractivity (Wildman–Crippen MR) is 83.5 cm³/mol. The first-order valence-corrected chi connectivity index (χ1v) is 7.53. The van der Waals surface area contributed by atoms with Crippen LogP contribution >= 0.6 is 11.8 Å². The summed E-state index contributed by atoms with van der Waals surface area (Å²) in [6.07, 6.45) is 0.981. The SMILES string of the molecule is COc1ccc(C(C)C=O)c(SCc2ccccc2)c1. The maximum atomic E-state index is 11.0. The van der Waals surface area contributed by atoms with Crippen LogP contribution in [-0.4, -0.2) is 13.4 Å². The molecule has 0 heterocycles. The van der Waals surface area contributed by atoms with E-state index in [0.29, 0.717) is 0 Å². The molecule has 0 bridgehead atoms. The average Bonchev–Trinajstić information content (AvgIpc) is 2.52. The summed E-state index contributed by atoms with van der Waals surface area (Å²) in [5.41, 5.74) is 2.33. The van der Waals surface area contributed by atoms with Crippen LogP contribution in [0.15, 0.2) is 53.4 Å². The number of hydrogen-bond donors (Lipinski definition) is 0. The molecule has 2 rings (SSSR count). The lowest BCUT2D eigenvalue weighted by Crippen LogP contribution is -1.98. The summed E-state index contributed by atoms with van der Waals surface area (Å²) in [5, 5.41) is 0. The second-order valence-electron chi connectivity index (χ2n) is 4.60. The van der Waals surface area contributed by atoms with Crippen molar-refractivity contribution in [2.45, 2.75) is 23.5 Å². The van der Waals surface area contributed by atoms with Gasteiger partial charge in [0.2, 0.25) is 0 Å². The van der Waals surface area contributed by atoms with E-state index in [2.05, 4.69) is 12.1 Å². The Bertz CT molecular complexity index is 566. The smallest absolute Gasteiger partial charge is 0.127 e. The van der Waals surface area contributed by atoms with Gasteiger partial charge in [0.1, 0.15) is 12.0 Å². The maximum absolute atomic E-state index is 11.0. The maximum Gasteiger partial charge on any atom is 0.127 e. The van der Waals surface area contributed by atoms with Gasteiger partial charge in [-0.1, -0.05) is 43.3 Å². The van der Waals surface area contributed by atoms with Gasteiger partial charge in [0.25, 0.3) is 0 Å². The van der Waals surface area contributed by atoms with Gasteiger partial charge in [0, 0.05) is 16.6 Å². The van der Waals surface area contributed by atoms with Gasteiger partial charge in [-0.2, -0.15) is 0 Å². The summed E-state index contributed by atoms with van der Waals surface area (Å²) < 4.78 is 5.27. The summed E-state index contributed by atoms with van der Waals surface area (Å²) >= 11 is 1.73. The fourth-order valence-corrected chi connectivity index (χ4v) is 3.09. The van der Waals surface area contributed by atoms with Gasteiger partial charge in [-0.05, 0) is 23.3 Å². The standard InChI is InChI=1S/C17H18O2S/c1-13(11-18)16-9-8-15(19-2)10-17(16)20-12-14-6-4-3-5-7-14/h3-11,13H,12H2,1-2H3. The molecule has 104 valence electrons. The van der Waals surface area contributed by atoms with Gasteiger partial charge >= 0.3 is 0 Å². The quantitative estimate of drug-likeness (QED) is 0.585. The molecule has 3 heteroatoms. The number of carbonyl (C=O) groups is 1. The Balaban J connectivity index is 2.21. The molecule has 0 aliphatic rings. The number of hydrogen-bond acceptors (Lipinski definition) is 3. The minimum absolute atomic E-state index is 0.0980. The van der Waals surface area contributed by atoms with Crippen molar-refractivity contribution in [3.05, 3.63) is 59.7 Å². The Morgan fingerprint density at radius 3 is 2.60 bits per heavy atom. The molecule has 2 aromatic carbocycles. The fraction of sp³-hybridized carbons (Fsp3) is 0.235. The van der Waals surface area contributed by atoms with Crippen LogP contribution in [0.25, 0.3) is 0 Å². The molecule has 0 amide bonds. The highest BCUT2D eigenvalue weighted by atomic mass is 32.2.